The summed E-state index contributed by atoms with van der Waals surface area (Å²) in [4.78, 5) is 9.35. The molecule has 0 bridgehead atoms. The molecular formula is C66H63BN2S4. The predicted octanol–water partition coefficient (Wildman–Crippen LogP) is 19.5. The fourth-order valence-electron chi connectivity index (χ4n) is 11.6. The predicted molar refractivity (Wildman–Crippen MR) is 328 cm³/mol. The second kappa shape index (κ2) is 17.7. The average molecular weight is 1020 g/mol. The minimum atomic E-state index is -0.0383. The van der Waals surface area contributed by atoms with E-state index in [1.165, 1.54) is 145 Å². The van der Waals surface area contributed by atoms with Crippen LogP contribution in [0.3, 0.4) is 0 Å². The third-order valence-corrected chi connectivity index (χ3v) is 20.0. The molecule has 73 heavy (non-hydrogen) atoms. The largest absolute Gasteiger partial charge is 0.311 e. The second-order valence-corrected chi connectivity index (χ2v) is 27.0. The van der Waals surface area contributed by atoms with Crippen LogP contribution in [0.2, 0.25) is 0 Å². The highest BCUT2D eigenvalue weighted by atomic mass is 32.2. The summed E-state index contributed by atoms with van der Waals surface area (Å²) in [6.07, 6.45) is 2.25. The minimum Gasteiger partial charge on any atom is -0.311 e. The summed E-state index contributed by atoms with van der Waals surface area (Å²) in [5.74, 6) is 2.95. The van der Waals surface area contributed by atoms with Gasteiger partial charge in [-0.25, -0.2) is 0 Å². The zero-order valence-electron chi connectivity index (χ0n) is 44.5. The molecule has 3 aromatic heterocycles. The van der Waals surface area contributed by atoms with E-state index in [1.54, 1.807) is 0 Å². The molecule has 0 atom stereocenters. The Morgan fingerprint density at radius 2 is 1.05 bits per heavy atom. The van der Waals surface area contributed by atoms with Crippen molar-refractivity contribution in [2.24, 2.45) is 0 Å². The van der Waals surface area contributed by atoms with Crippen molar-refractivity contribution in [3.63, 3.8) is 0 Å². The van der Waals surface area contributed by atoms with Gasteiger partial charge in [0.05, 0.1) is 17.1 Å². The van der Waals surface area contributed by atoms with Gasteiger partial charge >= 0.3 is 0 Å². The van der Waals surface area contributed by atoms with Crippen molar-refractivity contribution in [1.82, 2.24) is 0 Å². The summed E-state index contributed by atoms with van der Waals surface area (Å²) in [7, 11) is 0. The van der Waals surface area contributed by atoms with E-state index in [9.17, 15) is 0 Å². The Hall–Kier alpha value is -5.83. The highest BCUT2D eigenvalue weighted by molar-refractivity contribution is 7.98. The first-order chi connectivity index (χ1) is 34.9. The van der Waals surface area contributed by atoms with Crippen molar-refractivity contribution in [2.45, 2.75) is 105 Å². The molecule has 364 valence electrons. The molecular weight excluding hydrogens is 960 g/mol. The van der Waals surface area contributed by atoms with E-state index in [4.69, 9.17) is 0 Å². The van der Waals surface area contributed by atoms with Gasteiger partial charge in [-0.05, 0) is 178 Å². The summed E-state index contributed by atoms with van der Waals surface area (Å²) >= 11 is 7.65. The topological polar surface area (TPSA) is 6.48 Å². The van der Waals surface area contributed by atoms with Crippen LogP contribution < -0.4 is 20.0 Å². The molecule has 0 amide bonds. The Kier molecular flexibility index (Phi) is 11.6. The Bertz CT molecular complexity index is 3850. The zero-order chi connectivity index (χ0) is 51.0. The summed E-state index contributed by atoms with van der Waals surface area (Å²) in [5, 5.41) is 3.93. The van der Waals surface area contributed by atoms with Gasteiger partial charge in [0.15, 0.2) is 0 Å². The number of anilines is 5. The molecule has 5 heterocycles. The molecule has 12 rings (SSSR count). The van der Waals surface area contributed by atoms with Gasteiger partial charge in [-0.1, -0.05) is 134 Å². The number of thioether (sulfide) groups is 1. The van der Waals surface area contributed by atoms with E-state index >= 15 is 0 Å². The first kappa shape index (κ1) is 48.1. The Morgan fingerprint density at radius 1 is 0.521 bits per heavy atom. The zero-order valence-corrected chi connectivity index (χ0v) is 47.7. The lowest BCUT2D eigenvalue weighted by molar-refractivity contribution is 0.589. The number of benzene rings is 7. The van der Waals surface area contributed by atoms with Gasteiger partial charge in [0.25, 0.3) is 6.71 Å². The lowest BCUT2D eigenvalue weighted by Crippen LogP contribution is -2.52. The van der Waals surface area contributed by atoms with E-state index < -0.39 is 0 Å². The molecule has 2 nitrogen and oxygen atoms in total. The van der Waals surface area contributed by atoms with Crippen LogP contribution in [0.4, 0.5) is 28.4 Å². The number of hydrogen-bond donors (Lipinski definition) is 0. The summed E-state index contributed by atoms with van der Waals surface area (Å²) in [6, 6.07) is 51.7. The average Bonchev–Trinajstić information content (AvgIpc) is 4.10. The molecule has 0 radical (unpaired) electrons. The van der Waals surface area contributed by atoms with E-state index in [-0.39, 0.29) is 23.5 Å². The van der Waals surface area contributed by atoms with Crippen LogP contribution in [-0.2, 0) is 10.8 Å². The Balaban J connectivity index is 1.21. The summed E-state index contributed by atoms with van der Waals surface area (Å²) in [6.45, 7) is 28.3. The molecule has 0 saturated carbocycles. The van der Waals surface area contributed by atoms with Crippen LogP contribution in [-0.4, -0.2) is 13.0 Å². The number of rotatable bonds is 7. The Labute approximate surface area is 449 Å². The number of hydrogen-bond acceptors (Lipinski definition) is 6. The van der Waals surface area contributed by atoms with Crippen LogP contribution in [0, 0.1) is 27.7 Å². The van der Waals surface area contributed by atoms with Crippen molar-refractivity contribution in [3.05, 3.63) is 184 Å². The highest BCUT2D eigenvalue weighted by Crippen LogP contribution is 2.54. The van der Waals surface area contributed by atoms with E-state index in [1.807, 2.05) is 45.8 Å². The highest BCUT2D eigenvalue weighted by Gasteiger charge is 2.45. The maximum atomic E-state index is 2.74. The van der Waals surface area contributed by atoms with Gasteiger partial charge in [0.2, 0.25) is 0 Å². The lowest BCUT2D eigenvalue weighted by Gasteiger charge is -2.44. The van der Waals surface area contributed by atoms with Gasteiger partial charge < -0.3 is 9.80 Å². The van der Waals surface area contributed by atoms with Crippen molar-refractivity contribution in [2.75, 3.05) is 16.1 Å². The molecule has 7 heteroatoms. The third kappa shape index (κ3) is 7.86. The van der Waals surface area contributed by atoms with Crippen LogP contribution in [0.5, 0.6) is 0 Å². The van der Waals surface area contributed by atoms with Gasteiger partial charge in [0, 0.05) is 61.5 Å². The van der Waals surface area contributed by atoms with Crippen molar-refractivity contribution >= 4 is 127 Å². The van der Waals surface area contributed by atoms with Crippen molar-refractivity contribution < 1.29 is 0 Å². The van der Waals surface area contributed by atoms with E-state index in [2.05, 4.69) is 239 Å². The summed E-state index contributed by atoms with van der Waals surface area (Å²) in [5.41, 5.74) is 22.0. The van der Waals surface area contributed by atoms with Crippen LogP contribution in [0.1, 0.15) is 106 Å². The second-order valence-electron chi connectivity index (χ2n) is 22.9. The standard InChI is InChI=1S/C66H63BN2S4/c1-37(2)44-30-51-60-52(31-44)69(62-39(4)23-27-48(41(62)6)59-33-43-19-15-17-21-55(43)72-59)63-50-35-46(66(10,11)12)25-29-57(50)73-64(63)67(60)36-53(49-34-45(65(7,8)9)24-28-56(49)70-13)68(51)61-38(3)22-26-47(40(61)5)58-32-42-18-14-16-20-54(42)71-58/h14-37H,1-13H3. The van der Waals surface area contributed by atoms with Crippen LogP contribution >= 0.6 is 45.8 Å². The van der Waals surface area contributed by atoms with Crippen molar-refractivity contribution in [3.8, 4) is 20.9 Å². The number of thiophene rings is 3. The van der Waals surface area contributed by atoms with Gasteiger partial charge in [-0.2, -0.15) is 0 Å². The monoisotopic (exact) mass is 1020 g/mol. The van der Waals surface area contributed by atoms with E-state index in [0.717, 1.165) is 0 Å². The minimum absolute atomic E-state index is 0.00461. The molecule has 7 aromatic carbocycles. The normalized spacial score (nSPS) is 13.7. The molecule has 0 fully saturated rings. The molecule has 0 N–H and O–H groups in total. The maximum absolute atomic E-state index is 2.74. The molecule has 0 saturated heterocycles. The number of fused-ring (bicyclic) bond motifs is 6. The number of nitrogens with zero attached hydrogens (tertiary/aromatic N) is 2. The molecule has 2 aliphatic heterocycles. The summed E-state index contributed by atoms with van der Waals surface area (Å²) < 4.78 is 5.37. The van der Waals surface area contributed by atoms with Crippen LogP contribution in [0.25, 0.3) is 56.8 Å². The first-order valence-electron chi connectivity index (χ1n) is 25.8. The van der Waals surface area contributed by atoms with Gasteiger partial charge in [-0.3, -0.25) is 0 Å². The number of aryl methyl sites for hydroxylation is 2. The van der Waals surface area contributed by atoms with Gasteiger partial charge in [0.1, 0.15) is 0 Å². The molecule has 10 aromatic rings. The SMILES string of the molecule is CSc1ccc(C(C)(C)C)cc1C1=CB2c3sc4ccc(C(C)(C)C)cc4c3N(c3c(C)ccc(-c4cc5ccccc5s4)c3C)c3cc(C(C)C)cc(c32)N1c1c(C)ccc(-c2cc3ccccc3s2)c1C. The smallest absolute Gasteiger partial charge is 0.257 e. The fourth-order valence-corrected chi connectivity index (χ4v) is 15.8. The first-order valence-corrected chi connectivity index (χ1v) is 29.5. The lowest BCUT2D eigenvalue weighted by atomic mass is 9.40. The molecule has 2 aliphatic rings. The molecule has 0 unspecified atom stereocenters. The van der Waals surface area contributed by atoms with Gasteiger partial charge in [-0.15, -0.1) is 45.8 Å². The van der Waals surface area contributed by atoms with Crippen LogP contribution in [0.15, 0.2) is 144 Å². The maximum Gasteiger partial charge on any atom is 0.257 e. The third-order valence-electron chi connectivity index (χ3n) is 15.7. The fraction of sp³-hybridized carbons (Fsp3) is 0.242. The Morgan fingerprint density at radius 3 is 1.60 bits per heavy atom. The molecule has 0 aliphatic carbocycles. The molecule has 0 spiro atoms. The van der Waals surface area contributed by atoms with E-state index in [0.29, 0.717) is 0 Å². The van der Waals surface area contributed by atoms with Crippen molar-refractivity contribution in [1.29, 1.82) is 0 Å². The quantitative estimate of drug-likeness (QED) is 0.116.